The normalized spacial score (nSPS) is 10.9. The topological polar surface area (TPSA) is 21.3 Å². The van der Waals surface area contributed by atoms with E-state index in [9.17, 15) is 8.78 Å². The third kappa shape index (κ3) is 5.93. The SMILES string of the molecule is Fc1ccc(CCNCc2cc(Cl)ccc2OCc2ccc(F)cc2Cl)cc1. The van der Waals surface area contributed by atoms with E-state index in [1.54, 1.807) is 30.3 Å². The van der Waals surface area contributed by atoms with Crippen molar-refractivity contribution in [2.45, 2.75) is 19.6 Å². The molecule has 0 aliphatic rings. The minimum Gasteiger partial charge on any atom is -0.489 e. The number of benzene rings is 3. The second kappa shape index (κ2) is 9.87. The number of nitrogens with one attached hydrogen (secondary N) is 1. The van der Waals surface area contributed by atoms with Crippen LogP contribution in [-0.4, -0.2) is 6.54 Å². The average molecular weight is 422 g/mol. The van der Waals surface area contributed by atoms with Gasteiger partial charge < -0.3 is 10.1 Å². The molecule has 3 aromatic carbocycles. The Hall–Kier alpha value is -2.14. The summed E-state index contributed by atoms with van der Waals surface area (Å²) in [6.07, 6.45) is 0.780. The highest BCUT2D eigenvalue weighted by Crippen LogP contribution is 2.25. The number of hydrogen-bond acceptors (Lipinski definition) is 2. The van der Waals surface area contributed by atoms with Crippen LogP contribution in [0.2, 0.25) is 10.0 Å². The average Bonchev–Trinajstić information content (AvgIpc) is 2.67. The molecule has 0 amide bonds. The molecule has 3 rings (SSSR count). The molecule has 0 saturated carbocycles. The first-order valence-corrected chi connectivity index (χ1v) is 9.57. The molecular weight excluding hydrogens is 403 g/mol. The summed E-state index contributed by atoms with van der Waals surface area (Å²) in [6, 6.07) is 16.1. The molecule has 0 aromatic heterocycles. The van der Waals surface area contributed by atoms with Gasteiger partial charge >= 0.3 is 0 Å². The fourth-order valence-corrected chi connectivity index (χ4v) is 3.14. The zero-order valence-electron chi connectivity index (χ0n) is 15.0. The van der Waals surface area contributed by atoms with E-state index in [1.807, 2.05) is 6.07 Å². The predicted octanol–water partition coefficient (Wildman–Crippen LogP) is 6.18. The maximum Gasteiger partial charge on any atom is 0.124 e. The summed E-state index contributed by atoms with van der Waals surface area (Å²) in [5, 5.41) is 4.28. The van der Waals surface area contributed by atoms with Gasteiger partial charge in [-0.1, -0.05) is 41.4 Å². The minimum absolute atomic E-state index is 0.226. The summed E-state index contributed by atoms with van der Waals surface area (Å²) in [7, 11) is 0. The van der Waals surface area contributed by atoms with E-state index < -0.39 is 0 Å². The van der Waals surface area contributed by atoms with E-state index in [0.29, 0.717) is 27.9 Å². The van der Waals surface area contributed by atoms with Crippen LogP contribution in [0.4, 0.5) is 8.78 Å². The standard InChI is InChI=1S/C22H19Cl2F2NO/c23-18-4-8-22(28-14-16-3-7-20(26)12-21(16)24)17(11-18)13-27-10-9-15-1-5-19(25)6-2-15/h1-8,11-12,27H,9-10,13-14H2. The molecule has 0 aliphatic carbocycles. The molecule has 0 saturated heterocycles. The van der Waals surface area contributed by atoms with Gasteiger partial charge in [-0.2, -0.15) is 0 Å². The van der Waals surface area contributed by atoms with Crippen LogP contribution in [0, 0.1) is 11.6 Å². The van der Waals surface area contributed by atoms with Crippen molar-refractivity contribution in [3.05, 3.63) is 99.0 Å². The Balaban J connectivity index is 1.58. The van der Waals surface area contributed by atoms with Crippen LogP contribution in [0.3, 0.4) is 0 Å². The van der Waals surface area contributed by atoms with E-state index in [2.05, 4.69) is 5.32 Å². The van der Waals surface area contributed by atoms with Crippen molar-refractivity contribution in [3.63, 3.8) is 0 Å². The third-order valence-electron chi connectivity index (χ3n) is 4.24. The third-order valence-corrected chi connectivity index (χ3v) is 4.83. The molecule has 0 radical (unpaired) electrons. The summed E-state index contributed by atoms with van der Waals surface area (Å²) in [6.45, 7) is 1.51. The lowest BCUT2D eigenvalue weighted by molar-refractivity contribution is 0.302. The van der Waals surface area contributed by atoms with E-state index in [1.165, 1.54) is 24.3 Å². The summed E-state index contributed by atoms with van der Waals surface area (Å²) < 4.78 is 32.0. The molecule has 2 nitrogen and oxygen atoms in total. The summed E-state index contributed by atoms with van der Waals surface area (Å²) in [4.78, 5) is 0. The van der Waals surface area contributed by atoms with Crippen LogP contribution in [0.25, 0.3) is 0 Å². The van der Waals surface area contributed by atoms with Gasteiger partial charge in [0.2, 0.25) is 0 Å². The van der Waals surface area contributed by atoms with E-state index >= 15 is 0 Å². The first-order valence-electron chi connectivity index (χ1n) is 8.81. The number of rotatable bonds is 8. The van der Waals surface area contributed by atoms with Crippen molar-refractivity contribution in [1.29, 1.82) is 0 Å². The molecule has 0 heterocycles. The molecule has 0 spiro atoms. The van der Waals surface area contributed by atoms with Crippen LogP contribution in [0.1, 0.15) is 16.7 Å². The Bertz CT molecular complexity index is 932. The minimum atomic E-state index is -0.383. The van der Waals surface area contributed by atoms with Crippen molar-refractivity contribution in [2.24, 2.45) is 0 Å². The van der Waals surface area contributed by atoms with Crippen molar-refractivity contribution in [2.75, 3.05) is 6.54 Å². The Labute approximate surface area is 173 Å². The van der Waals surface area contributed by atoms with Gasteiger partial charge in [-0.05, 0) is 61.0 Å². The molecule has 146 valence electrons. The lowest BCUT2D eigenvalue weighted by atomic mass is 10.1. The number of ether oxygens (including phenoxy) is 1. The maximum absolute atomic E-state index is 13.2. The van der Waals surface area contributed by atoms with E-state index in [4.69, 9.17) is 27.9 Å². The highest BCUT2D eigenvalue weighted by molar-refractivity contribution is 6.31. The van der Waals surface area contributed by atoms with Crippen molar-refractivity contribution in [3.8, 4) is 5.75 Å². The van der Waals surface area contributed by atoms with Gasteiger partial charge in [0.1, 0.15) is 24.0 Å². The maximum atomic E-state index is 13.2. The van der Waals surface area contributed by atoms with Crippen molar-refractivity contribution in [1.82, 2.24) is 5.32 Å². The Morgan fingerprint density at radius 1 is 0.821 bits per heavy atom. The van der Waals surface area contributed by atoms with Crippen molar-refractivity contribution >= 4 is 23.2 Å². The first-order chi connectivity index (χ1) is 13.5. The van der Waals surface area contributed by atoms with Crippen LogP contribution in [-0.2, 0) is 19.6 Å². The molecule has 0 unspecified atom stereocenters. The number of halogens is 4. The van der Waals surface area contributed by atoms with Gasteiger partial charge in [-0.25, -0.2) is 8.78 Å². The zero-order chi connectivity index (χ0) is 19.9. The summed E-state index contributed by atoms with van der Waals surface area (Å²) in [5.41, 5.74) is 2.67. The largest absolute Gasteiger partial charge is 0.489 e. The molecule has 0 fully saturated rings. The smallest absolute Gasteiger partial charge is 0.124 e. The molecule has 0 aliphatic heterocycles. The van der Waals surface area contributed by atoms with Gasteiger partial charge in [-0.3, -0.25) is 0 Å². The van der Waals surface area contributed by atoms with E-state index in [-0.39, 0.29) is 18.2 Å². The molecule has 1 N–H and O–H groups in total. The molecule has 28 heavy (non-hydrogen) atoms. The van der Waals surface area contributed by atoms with Crippen LogP contribution in [0.5, 0.6) is 5.75 Å². The second-order valence-electron chi connectivity index (χ2n) is 6.33. The van der Waals surface area contributed by atoms with Gasteiger partial charge in [-0.15, -0.1) is 0 Å². The Morgan fingerprint density at radius 3 is 2.32 bits per heavy atom. The molecule has 3 aromatic rings. The van der Waals surface area contributed by atoms with Gasteiger partial charge in [0.15, 0.2) is 0 Å². The fourth-order valence-electron chi connectivity index (χ4n) is 2.73. The highest BCUT2D eigenvalue weighted by Gasteiger charge is 2.08. The summed E-state index contributed by atoms with van der Waals surface area (Å²) >= 11 is 12.2. The Kier molecular flexibility index (Phi) is 7.26. The summed E-state index contributed by atoms with van der Waals surface area (Å²) in [5.74, 6) is 0.0593. The lowest BCUT2D eigenvalue weighted by Crippen LogP contribution is -2.17. The van der Waals surface area contributed by atoms with Crippen LogP contribution < -0.4 is 10.1 Å². The first kappa shape index (κ1) is 20.6. The van der Waals surface area contributed by atoms with Gasteiger partial charge in [0, 0.05) is 22.7 Å². The number of hydrogen-bond donors (Lipinski definition) is 1. The molecular formula is C22H19Cl2F2NO. The molecule has 6 heteroatoms. The lowest BCUT2D eigenvalue weighted by Gasteiger charge is -2.14. The van der Waals surface area contributed by atoms with Crippen LogP contribution in [0.15, 0.2) is 60.7 Å². The second-order valence-corrected chi connectivity index (χ2v) is 7.17. The zero-order valence-corrected chi connectivity index (χ0v) is 16.5. The molecule has 0 bridgehead atoms. The monoisotopic (exact) mass is 421 g/mol. The quantitative estimate of drug-likeness (QED) is 0.438. The predicted molar refractivity (Wildman–Crippen MR) is 109 cm³/mol. The highest BCUT2D eigenvalue weighted by atomic mass is 35.5. The van der Waals surface area contributed by atoms with Gasteiger partial charge in [0.05, 0.1) is 5.02 Å². The van der Waals surface area contributed by atoms with Crippen LogP contribution >= 0.6 is 23.2 Å². The van der Waals surface area contributed by atoms with Gasteiger partial charge in [0.25, 0.3) is 0 Å². The molecule has 0 atom stereocenters. The fraction of sp³-hybridized carbons (Fsp3) is 0.182. The Morgan fingerprint density at radius 2 is 1.57 bits per heavy atom. The van der Waals surface area contributed by atoms with Crippen molar-refractivity contribution < 1.29 is 13.5 Å². The van der Waals surface area contributed by atoms with E-state index in [0.717, 1.165) is 24.1 Å².